The lowest BCUT2D eigenvalue weighted by Crippen LogP contribution is -2.71. The number of thioether (sulfide) groups is 1. The van der Waals surface area contributed by atoms with E-state index in [4.69, 9.17) is 10.9 Å². The number of carboxylic acid groups (broad SMARTS) is 1. The SMILES string of the molecule is C[N+]1(C/C=C/C2=C(C(=O)[O-])N3C(=O)[C@@H](NC(=O)/C(=N\OCF)c4nsc(N)n4)[C@@H]3SC2)CCN(S(N)(=O)=O)CC1. The summed E-state index contributed by atoms with van der Waals surface area (Å²) in [4.78, 5) is 47.0. The van der Waals surface area contributed by atoms with Gasteiger partial charge in [0.1, 0.15) is 11.4 Å². The number of quaternary nitrogens is 1. The van der Waals surface area contributed by atoms with E-state index in [0.29, 0.717) is 29.7 Å². The zero-order valence-corrected chi connectivity index (χ0v) is 23.5. The molecule has 2 amide bonds. The summed E-state index contributed by atoms with van der Waals surface area (Å²) in [6.45, 7) is 0.721. The Balaban J connectivity index is 1.44. The summed E-state index contributed by atoms with van der Waals surface area (Å²) >= 11 is 2.00. The van der Waals surface area contributed by atoms with Gasteiger partial charge in [-0.3, -0.25) is 14.5 Å². The van der Waals surface area contributed by atoms with Crippen molar-refractivity contribution in [2.45, 2.75) is 11.4 Å². The molecule has 4 heterocycles. The number of likely N-dealkylation sites (N-methyl/N-ethyl adjacent to an activating group) is 1. The number of oxime groups is 1. The minimum absolute atomic E-state index is 0.0237. The summed E-state index contributed by atoms with van der Waals surface area (Å²) < 4.78 is 41.2. The lowest BCUT2D eigenvalue weighted by atomic mass is 10.0. The van der Waals surface area contributed by atoms with Crippen LogP contribution in [0, 0.1) is 0 Å². The van der Waals surface area contributed by atoms with Crippen molar-refractivity contribution in [3.8, 4) is 0 Å². The normalized spacial score (nSPS) is 23.6. The number of alkyl halides is 1. The average molecular weight is 620 g/mol. The van der Waals surface area contributed by atoms with Crippen molar-refractivity contribution in [2.75, 3.05) is 58.1 Å². The van der Waals surface area contributed by atoms with Crippen LogP contribution in [-0.4, -0.2) is 119 Å². The minimum atomic E-state index is -3.75. The Bertz CT molecular complexity index is 1390. The molecule has 2 saturated heterocycles. The number of β-lactam (4-membered cyclic amide) rings is 1. The number of piperazine rings is 1. The second-order valence-corrected chi connectivity index (χ2v) is 12.7. The first-order valence-electron chi connectivity index (χ1n) is 11.7. The Morgan fingerprint density at radius 1 is 1.38 bits per heavy atom. The fraction of sp³-hybridized carbons (Fsp3) is 0.500. The third-order valence-corrected chi connectivity index (χ3v) is 9.48. The van der Waals surface area contributed by atoms with E-state index in [0.717, 1.165) is 16.4 Å². The Morgan fingerprint density at radius 2 is 2.08 bits per heavy atom. The number of fused-ring (bicyclic) bond motifs is 1. The molecule has 1 aromatic heterocycles. The van der Waals surface area contributed by atoms with Crippen LogP contribution >= 0.6 is 23.3 Å². The number of nitrogens with zero attached hydrogens (tertiary/aromatic N) is 6. The summed E-state index contributed by atoms with van der Waals surface area (Å²) in [7, 11) is -1.81. The number of carboxylic acids is 1. The van der Waals surface area contributed by atoms with E-state index in [2.05, 4.69) is 24.7 Å². The van der Waals surface area contributed by atoms with Gasteiger partial charge < -0.3 is 30.3 Å². The number of nitrogens with two attached hydrogens (primary N) is 2. The van der Waals surface area contributed by atoms with E-state index in [-0.39, 0.29) is 35.5 Å². The standard InChI is InChI=1S/C20H26FN9O7S3/c1-30(7-4-28(5-8-30)40(23,35)36)6-2-3-11-9-38-18-13(17(32)29(18)14(11)19(33)34)24-16(31)12(26-37-10-21)15-25-20(22)39-27-15/h2-3,13,18H,4-10H2,1H3,(H5-,22,23,24,25,27,31,33,34,35,36)/b3-2+,26-12-/t13-,18+/m1/s1. The zero-order chi connectivity index (χ0) is 29.2. The lowest BCUT2D eigenvalue weighted by molar-refractivity contribution is -0.907. The predicted octanol–water partition coefficient (Wildman–Crippen LogP) is -3.31. The zero-order valence-electron chi connectivity index (χ0n) is 21.1. The maximum absolute atomic E-state index is 13.0. The first kappa shape index (κ1) is 29.8. The number of amides is 2. The number of nitrogens with one attached hydrogen (secondary N) is 1. The number of carbonyl (C=O) groups is 3. The Morgan fingerprint density at radius 3 is 2.65 bits per heavy atom. The topological polar surface area (TPSA) is 226 Å². The van der Waals surface area contributed by atoms with Gasteiger partial charge in [0.25, 0.3) is 28.9 Å². The van der Waals surface area contributed by atoms with Crippen LogP contribution in [-0.2, 0) is 29.4 Å². The van der Waals surface area contributed by atoms with Gasteiger partial charge >= 0.3 is 0 Å². The van der Waals surface area contributed by atoms with Gasteiger partial charge in [0.15, 0.2) is 5.13 Å². The van der Waals surface area contributed by atoms with Gasteiger partial charge in [-0.15, -0.1) is 11.8 Å². The molecule has 218 valence electrons. The molecular weight excluding hydrogens is 593 g/mol. The number of halogens is 1. The number of anilines is 1. The van der Waals surface area contributed by atoms with Gasteiger partial charge in [-0.05, 0) is 11.6 Å². The average Bonchev–Trinajstić information content (AvgIpc) is 3.32. The van der Waals surface area contributed by atoms with Crippen molar-refractivity contribution < 1.29 is 41.6 Å². The Kier molecular flexibility index (Phi) is 8.75. The van der Waals surface area contributed by atoms with Crippen LogP contribution in [0.25, 0.3) is 0 Å². The second-order valence-electron chi connectivity index (χ2n) is 9.25. The van der Waals surface area contributed by atoms with Crippen molar-refractivity contribution in [3.05, 3.63) is 29.2 Å². The predicted molar refractivity (Wildman–Crippen MR) is 140 cm³/mol. The molecule has 0 aromatic carbocycles. The highest BCUT2D eigenvalue weighted by molar-refractivity contribution is 8.00. The van der Waals surface area contributed by atoms with Crippen molar-refractivity contribution in [1.29, 1.82) is 0 Å². The van der Waals surface area contributed by atoms with Gasteiger partial charge in [0, 0.05) is 17.3 Å². The van der Waals surface area contributed by atoms with Gasteiger partial charge in [-0.2, -0.15) is 22.1 Å². The van der Waals surface area contributed by atoms with Crippen molar-refractivity contribution in [3.63, 3.8) is 0 Å². The third kappa shape index (κ3) is 6.25. The molecule has 0 spiro atoms. The molecule has 2 atom stereocenters. The molecule has 0 saturated carbocycles. The van der Waals surface area contributed by atoms with E-state index in [9.17, 15) is 32.3 Å². The van der Waals surface area contributed by atoms with E-state index in [1.165, 1.54) is 16.1 Å². The van der Waals surface area contributed by atoms with Crippen molar-refractivity contribution in [2.24, 2.45) is 10.3 Å². The second kappa shape index (κ2) is 11.7. The van der Waals surface area contributed by atoms with Gasteiger partial charge in [-0.1, -0.05) is 11.2 Å². The fourth-order valence-corrected chi connectivity index (χ4v) is 6.82. The highest BCUT2D eigenvalue weighted by atomic mass is 32.2. The molecule has 16 nitrogen and oxygen atoms in total. The molecule has 0 bridgehead atoms. The summed E-state index contributed by atoms with van der Waals surface area (Å²) in [6.07, 6.45) is 3.38. The first-order valence-corrected chi connectivity index (χ1v) is 15.0. The maximum Gasteiger partial charge on any atom is 0.278 e. The molecule has 20 heteroatoms. The molecule has 0 unspecified atom stereocenters. The molecule has 5 N–H and O–H groups in total. The summed E-state index contributed by atoms with van der Waals surface area (Å²) in [6, 6.07) is -1.11. The number of aliphatic carboxylic acids is 1. The quantitative estimate of drug-likeness (QED) is 0.102. The number of carbonyl (C=O) groups excluding carboxylic acids is 3. The molecular formula is C20H26FN9O7S3. The molecule has 3 aliphatic heterocycles. The van der Waals surface area contributed by atoms with Crippen LogP contribution in [0.3, 0.4) is 0 Å². The van der Waals surface area contributed by atoms with E-state index < -0.39 is 52.0 Å². The highest BCUT2D eigenvalue weighted by Crippen LogP contribution is 2.40. The monoisotopic (exact) mass is 619 g/mol. The molecule has 40 heavy (non-hydrogen) atoms. The molecule has 2 fully saturated rings. The van der Waals surface area contributed by atoms with Crippen molar-refractivity contribution in [1.82, 2.24) is 23.9 Å². The molecule has 0 radical (unpaired) electrons. The fourth-order valence-electron chi connectivity index (χ4n) is 4.39. The lowest BCUT2D eigenvalue weighted by Gasteiger charge is -2.50. The van der Waals surface area contributed by atoms with Crippen LogP contribution in [0.4, 0.5) is 9.52 Å². The van der Waals surface area contributed by atoms with E-state index in [1.54, 1.807) is 12.2 Å². The third-order valence-electron chi connectivity index (χ3n) is 6.55. The Labute approximate surface area is 236 Å². The highest BCUT2D eigenvalue weighted by Gasteiger charge is 2.53. The smallest absolute Gasteiger partial charge is 0.278 e. The van der Waals surface area contributed by atoms with Gasteiger partial charge in [0.2, 0.25) is 11.5 Å². The molecule has 0 aliphatic carbocycles. The van der Waals surface area contributed by atoms with Crippen LogP contribution in [0.2, 0.25) is 0 Å². The number of allylic oxidation sites excluding steroid dienone is 1. The molecule has 3 aliphatic rings. The van der Waals surface area contributed by atoms with Crippen LogP contribution < -0.4 is 21.3 Å². The maximum atomic E-state index is 13.0. The van der Waals surface area contributed by atoms with Crippen LogP contribution in [0.1, 0.15) is 5.82 Å². The van der Waals surface area contributed by atoms with Crippen LogP contribution in [0.5, 0.6) is 0 Å². The first-order chi connectivity index (χ1) is 18.8. The van der Waals surface area contributed by atoms with E-state index in [1.807, 2.05) is 7.05 Å². The molecule has 1 aromatic rings. The number of nitrogen functional groups attached to an aromatic ring is 1. The van der Waals surface area contributed by atoms with Crippen molar-refractivity contribution >= 4 is 62.1 Å². The van der Waals surface area contributed by atoms with E-state index >= 15 is 0 Å². The number of hydrogen-bond donors (Lipinski definition) is 3. The van der Waals surface area contributed by atoms with Gasteiger partial charge in [0.05, 0.1) is 51.4 Å². The Hall–Kier alpha value is -3.17. The number of hydrogen-bond acceptors (Lipinski definition) is 13. The molecule has 4 rings (SSSR count). The minimum Gasteiger partial charge on any atom is -0.543 e. The number of aromatic nitrogens is 2. The summed E-state index contributed by atoms with van der Waals surface area (Å²) in [5, 5.41) is 22.3. The number of rotatable bonds is 10. The summed E-state index contributed by atoms with van der Waals surface area (Å²) in [5.41, 5.74) is 5.08. The summed E-state index contributed by atoms with van der Waals surface area (Å²) in [5.74, 6) is -3.19. The van der Waals surface area contributed by atoms with Crippen LogP contribution in [0.15, 0.2) is 28.6 Å². The van der Waals surface area contributed by atoms with Gasteiger partial charge in [-0.25, -0.2) is 9.53 Å². The largest absolute Gasteiger partial charge is 0.543 e.